The summed E-state index contributed by atoms with van der Waals surface area (Å²) in [5.74, 6) is 0. The average Bonchev–Trinajstić information content (AvgIpc) is 2.29. The molecule has 0 amide bonds. The minimum absolute atomic E-state index is 0.463. The molecule has 0 fully saturated rings. The van der Waals surface area contributed by atoms with Gasteiger partial charge in [-0.2, -0.15) is 12.7 Å². The molecule has 0 aliphatic carbocycles. The van der Waals surface area contributed by atoms with Crippen LogP contribution in [0.15, 0.2) is 30.2 Å². The summed E-state index contributed by atoms with van der Waals surface area (Å²) in [5, 5.41) is 0. The van der Waals surface area contributed by atoms with E-state index in [2.05, 4.69) is 0 Å². The summed E-state index contributed by atoms with van der Waals surface area (Å²) in [6, 6.07) is -2.93. The lowest BCUT2D eigenvalue weighted by atomic mass is 10.3. The molecule has 0 saturated heterocycles. The Bertz CT molecular complexity index is 559. The van der Waals surface area contributed by atoms with Crippen LogP contribution >= 0.6 is 0 Å². The van der Waals surface area contributed by atoms with Crippen molar-refractivity contribution in [3.05, 3.63) is 30.2 Å². The Balaban J connectivity index is 3.45. The lowest BCUT2D eigenvalue weighted by Gasteiger charge is -2.12. The molecule has 0 unspecified atom stereocenters. The fourth-order valence-electron chi connectivity index (χ4n) is 0.521. The maximum absolute atomic E-state index is 11.6. The first-order valence-electron chi connectivity index (χ1n) is 5.86. The first-order chi connectivity index (χ1) is 8.09. The van der Waals surface area contributed by atoms with Crippen LogP contribution in [0.5, 0.6) is 0 Å². The summed E-state index contributed by atoms with van der Waals surface area (Å²) < 4.78 is 63.2. The number of hydrogen-bond acceptors (Lipinski definition) is 2. The van der Waals surface area contributed by atoms with Gasteiger partial charge in [0.25, 0.3) is 0 Å². The summed E-state index contributed by atoms with van der Waals surface area (Å²) in [4.78, 5) is 0. The van der Waals surface area contributed by atoms with Crippen LogP contribution in [0.3, 0.4) is 0 Å². The second-order valence-electron chi connectivity index (χ2n) is 2.39. The Morgan fingerprint density at radius 1 is 1.31 bits per heavy atom. The standard InChI is InChI=1S/C8H12N2O2S/c1-10(2)13(11,12)9-8-6-4-3-5-7-8/h3-7,9H,1-2H3/i3D,4D,5D,6D,7D. The third kappa shape index (κ3) is 2.71. The molecule has 0 aliphatic rings. The highest BCUT2D eigenvalue weighted by Crippen LogP contribution is 2.08. The van der Waals surface area contributed by atoms with Crippen LogP contribution in [0, 0.1) is 0 Å². The van der Waals surface area contributed by atoms with Gasteiger partial charge >= 0.3 is 10.2 Å². The molecule has 1 N–H and O–H groups in total. The number of hydrogen-bond donors (Lipinski definition) is 1. The van der Waals surface area contributed by atoms with Crippen molar-refractivity contribution in [3.8, 4) is 0 Å². The maximum Gasteiger partial charge on any atom is 0.301 e. The molecule has 1 aromatic rings. The van der Waals surface area contributed by atoms with E-state index < -0.39 is 46.1 Å². The fourth-order valence-corrected chi connectivity index (χ4v) is 1.06. The van der Waals surface area contributed by atoms with Gasteiger partial charge in [-0.1, -0.05) is 18.1 Å². The van der Waals surface area contributed by atoms with Crippen LogP contribution in [-0.4, -0.2) is 26.8 Å². The molecule has 0 spiro atoms. The molecular formula is C8H12N2O2S. The molecule has 1 rings (SSSR count). The molecule has 4 nitrogen and oxygen atoms in total. The van der Waals surface area contributed by atoms with Crippen molar-refractivity contribution in [2.45, 2.75) is 0 Å². The molecule has 72 valence electrons. The van der Waals surface area contributed by atoms with Crippen LogP contribution in [0.1, 0.15) is 6.85 Å². The predicted molar refractivity (Wildman–Crippen MR) is 52.7 cm³/mol. The van der Waals surface area contributed by atoms with E-state index >= 15 is 0 Å². The van der Waals surface area contributed by atoms with Crippen molar-refractivity contribution in [1.29, 1.82) is 0 Å². The number of para-hydroxylation sites is 1. The number of anilines is 1. The first-order valence-corrected chi connectivity index (χ1v) is 4.80. The van der Waals surface area contributed by atoms with Crippen LogP contribution in [-0.2, 0) is 10.2 Å². The second kappa shape index (κ2) is 3.76. The molecule has 0 saturated carbocycles. The second-order valence-corrected chi connectivity index (χ2v) is 4.27. The lowest BCUT2D eigenvalue weighted by molar-refractivity contribution is 0.527. The quantitative estimate of drug-likeness (QED) is 0.797. The van der Waals surface area contributed by atoms with E-state index in [0.717, 1.165) is 4.31 Å². The third-order valence-electron chi connectivity index (χ3n) is 1.21. The summed E-state index contributed by atoms with van der Waals surface area (Å²) >= 11 is 0. The van der Waals surface area contributed by atoms with E-state index in [1.807, 2.05) is 4.72 Å². The summed E-state index contributed by atoms with van der Waals surface area (Å²) in [6.45, 7) is 0. The van der Waals surface area contributed by atoms with Gasteiger partial charge in [-0.25, -0.2) is 0 Å². The largest absolute Gasteiger partial charge is 0.301 e. The molecule has 0 aliphatic heterocycles. The van der Waals surface area contributed by atoms with Crippen molar-refractivity contribution >= 4 is 15.9 Å². The summed E-state index contributed by atoms with van der Waals surface area (Å²) in [6.07, 6.45) is 0. The molecule has 0 radical (unpaired) electrons. The van der Waals surface area contributed by atoms with Gasteiger partial charge in [-0.05, 0) is 12.1 Å². The zero-order valence-corrected chi connectivity index (χ0v) is 7.99. The molecule has 0 bridgehead atoms. The molecule has 1 aromatic carbocycles. The lowest BCUT2D eigenvalue weighted by Crippen LogP contribution is -2.28. The van der Waals surface area contributed by atoms with Crippen molar-refractivity contribution < 1.29 is 15.3 Å². The predicted octanol–water partition coefficient (Wildman–Crippen LogP) is 0.905. The smallest absolute Gasteiger partial charge is 0.271 e. The molecular weight excluding hydrogens is 188 g/mol. The minimum Gasteiger partial charge on any atom is -0.271 e. The summed E-state index contributed by atoms with van der Waals surface area (Å²) in [7, 11) is -1.40. The Labute approximate surface area is 85.4 Å². The highest BCUT2D eigenvalue weighted by molar-refractivity contribution is 7.90. The molecule has 0 heterocycles. The van der Waals surface area contributed by atoms with E-state index in [-0.39, 0.29) is 0 Å². The van der Waals surface area contributed by atoms with E-state index in [0.29, 0.717) is 0 Å². The monoisotopic (exact) mass is 205 g/mol. The fraction of sp³-hybridized carbons (Fsp3) is 0.250. The summed E-state index contributed by atoms with van der Waals surface area (Å²) in [5.41, 5.74) is -0.463. The minimum atomic E-state index is -3.93. The van der Waals surface area contributed by atoms with Gasteiger partial charge in [0.2, 0.25) is 0 Å². The Hall–Kier alpha value is -1.07. The van der Waals surface area contributed by atoms with E-state index in [1.165, 1.54) is 14.1 Å². The topological polar surface area (TPSA) is 49.4 Å². The Morgan fingerprint density at radius 2 is 1.85 bits per heavy atom. The van der Waals surface area contributed by atoms with Gasteiger partial charge < -0.3 is 0 Å². The zero-order chi connectivity index (χ0) is 14.2. The van der Waals surface area contributed by atoms with Crippen molar-refractivity contribution in [2.75, 3.05) is 18.8 Å². The van der Waals surface area contributed by atoms with Crippen molar-refractivity contribution in [3.63, 3.8) is 0 Å². The zero-order valence-electron chi connectivity index (χ0n) is 12.2. The molecule has 0 aromatic heterocycles. The van der Waals surface area contributed by atoms with Crippen LogP contribution in [0.25, 0.3) is 0 Å². The van der Waals surface area contributed by atoms with Crippen LogP contribution < -0.4 is 4.72 Å². The first kappa shape index (κ1) is 4.97. The number of rotatable bonds is 3. The van der Waals surface area contributed by atoms with Gasteiger partial charge in [-0.3, -0.25) is 4.72 Å². The van der Waals surface area contributed by atoms with Gasteiger partial charge in [0.15, 0.2) is 0 Å². The molecule has 0 atom stereocenters. The maximum atomic E-state index is 11.6. The Morgan fingerprint density at radius 3 is 2.31 bits per heavy atom. The third-order valence-corrected chi connectivity index (χ3v) is 2.64. The normalized spacial score (nSPS) is 17.0. The Kier molecular flexibility index (Phi) is 1.44. The van der Waals surface area contributed by atoms with E-state index in [4.69, 9.17) is 6.85 Å². The van der Waals surface area contributed by atoms with Crippen LogP contribution in [0.4, 0.5) is 5.69 Å². The number of nitrogens with one attached hydrogen (secondary N) is 1. The van der Waals surface area contributed by atoms with Gasteiger partial charge in [-0.15, -0.1) is 0 Å². The van der Waals surface area contributed by atoms with Crippen molar-refractivity contribution in [1.82, 2.24) is 4.31 Å². The number of nitrogens with zero attached hydrogens (tertiary/aromatic N) is 1. The molecule has 5 heteroatoms. The van der Waals surface area contributed by atoms with Crippen LogP contribution in [0.2, 0.25) is 0 Å². The highest BCUT2D eigenvalue weighted by Gasteiger charge is 2.11. The average molecular weight is 205 g/mol. The van der Waals surface area contributed by atoms with Gasteiger partial charge in [0.05, 0.1) is 6.85 Å². The van der Waals surface area contributed by atoms with E-state index in [9.17, 15) is 8.42 Å². The SMILES string of the molecule is [2H]c1c([2H])c([2H])c(NS(=O)(=O)N(C)C)c([2H])c1[2H]. The van der Waals surface area contributed by atoms with Gasteiger partial charge in [0.1, 0.15) is 0 Å². The molecule has 13 heavy (non-hydrogen) atoms. The highest BCUT2D eigenvalue weighted by atomic mass is 32.2. The van der Waals surface area contributed by atoms with Gasteiger partial charge in [0, 0.05) is 19.8 Å². The van der Waals surface area contributed by atoms with Crippen molar-refractivity contribution in [2.24, 2.45) is 0 Å². The number of benzene rings is 1. The van der Waals surface area contributed by atoms with E-state index in [1.54, 1.807) is 0 Å².